The molecule has 3 aromatic rings. The summed E-state index contributed by atoms with van der Waals surface area (Å²) in [5.41, 5.74) is 0.824. The van der Waals surface area contributed by atoms with E-state index in [1.807, 2.05) is 13.0 Å². The average molecular weight is 617 g/mol. The summed E-state index contributed by atoms with van der Waals surface area (Å²) in [6, 6.07) is 20.7. The minimum Gasteiger partial charge on any atom is -0.352 e. The molecular formula is C31H35Cl2N3O4S. The van der Waals surface area contributed by atoms with Crippen LogP contribution in [-0.4, -0.2) is 43.8 Å². The van der Waals surface area contributed by atoms with Crippen LogP contribution in [0.1, 0.15) is 51.0 Å². The van der Waals surface area contributed by atoms with Gasteiger partial charge < -0.3 is 10.2 Å². The summed E-state index contributed by atoms with van der Waals surface area (Å²) in [5, 5.41) is 3.77. The first kappa shape index (κ1) is 30.9. The van der Waals surface area contributed by atoms with E-state index in [1.54, 1.807) is 60.7 Å². The molecule has 0 saturated heterocycles. The van der Waals surface area contributed by atoms with Gasteiger partial charge in [0.15, 0.2) is 0 Å². The molecule has 41 heavy (non-hydrogen) atoms. The lowest BCUT2D eigenvalue weighted by molar-refractivity contribution is -0.140. The van der Waals surface area contributed by atoms with Crippen molar-refractivity contribution in [3.05, 3.63) is 94.5 Å². The fourth-order valence-electron chi connectivity index (χ4n) is 5.16. The van der Waals surface area contributed by atoms with Crippen LogP contribution in [0, 0.1) is 0 Å². The van der Waals surface area contributed by atoms with E-state index in [0.29, 0.717) is 17.0 Å². The Bertz CT molecular complexity index is 1450. The first-order valence-corrected chi connectivity index (χ1v) is 16.1. The third-order valence-electron chi connectivity index (χ3n) is 7.37. The van der Waals surface area contributed by atoms with Crippen LogP contribution >= 0.6 is 23.2 Å². The number of benzene rings is 3. The number of anilines is 1. The van der Waals surface area contributed by atoms with E-state index in [2.05, 4.69) is 5.32 Å². The molecule has 7 nitrogen and oxygen atoms in total. The highest BCUT2D eigenvalue weighted by Gasteiger charge is 2.35. The molecule has 1 fully saturated rings. The Labute approximate surface area is 252 Å². The Kier molecular flexibility index (Phi) is 10.7. The van der Waals surface area contributed by atoms with Crippen molar-refractivity contribution in [1.82, 2.24) is 10.2 Å². The highest BCUT2D eigenvalue weighted by Crippen LogP contribution is 2.31. The van der Waals surface area contributed by atoms with Crippen LogP contribution in [0.3, 0.4) is 0 Å². The number of para-hydroxylation sites is 1. The van der Waals surface area contributed by atoms with Gasteiger partial charge in [0.2, 0.25) is 11.8 Å². The van der Waals surface area contributed by atoms with Crippen molar-refractivity contribution < 1.29 is 18.0 Å². The van der Waals surface area contributed by atoms with Crippen LogP contribution in [-0.2, 0) is 26.2 Å². The molecule has 0 heterocycles. The van der Waals surface area contributed by atoms with E-state index in [4.69, 9.17) is 23.2 Å². The van der Waals surface area contributed by atoms with Crippen molar-refractivity contribution in [2.24, 2.45) is 0 Å². The summed E-state index contributed by atoms with van der Waals surface area (Å²) in [5.74, 6) is -0.801. The smallest absolute Gasteiger partial charge is 0.264 e. The van der Waals surface area contributed by atoms with E-state index >= 15 is 0 Å². The second kappa shape index (κ2) is 14.2. The molecule has 0 aromatic heterocycles. The third kappa shape index (κ3) is 7.61. The van der Waals surface area contributed by atoms with Crippen LogP contribution < -0.4 is 9.62 Å². The topological polar surface area (TPSA) is 86.8 Å². The van der Waals surface area contributed by atoms with Crippen LogP contribution in [0.5, 0.6) is 0 Å². The van der Waals surface area contributed by atoms with Gasteiger partial charge in [0.1, 0.15) is 12.6 Å². The van der Waals surface area contributed by atoms with Crippen LogP contribution in [0.2, 0.25) is 10.0 Å². The maximum absolute atomic E-state index is 14.2. The Morgan fingerprint density at radius 2 is 1.49 bits per heavy atom. The first-order valence-electron chi connectivity index (χ1n) is 13.9. The molecule has 10 heteroatoms. The number of hydrogen-bond acceptors (Lipinski definition) is 4. The second-order valence-electron chi connectivity index (χ2n) is 10.2. The number of sulfonamides is 1. The molecule has 1 saturated carbocycles. The zero-order valence-electron chi connectivity index (χ0n) is 23.0. The Morgan fingerprint density at radius 3 is 2.12 bits per heavy atom. The predicted molar refractivity (Wildman–Crippen MR) is 164 cm³/mol. The van der Waals surface area contributed by atoms with E-state index < -0.39 is 28.5 Å². The lowest BCUT2D eigenvalue weighted by Crippen LogP contribution is -2.54. The highest BCUT2D eigenvalue weighted by molar-refractivity contribution is 7.92. The average Bonchev–Trinajstić information content (AvgIpc) is 2.98. The standard InChI is InChI=1S/C31H35Cl2N3O4S/c1-2-28(31(38)34-24-14-5-3-6-15-24)35(21-23-13-9-10-18-26(23)32)30(37)22-36(29-20-12-11-19-27(29)33)41(39,40)25-16-7-4-8-17-25/h4,7-13,16-20,24,28H,2-3,5-6,14-15,21-22H2,1H3,(H,34,38). The number of nitrogens with one attached hydrogen (secondary N) is 1. The summed E-state index contributed by atoms with van der Waals surface area (Å²) in [6.07, 6.45) is 5.38. The number of halogens is 2. The van der Waals surface area contributed by atoms with Gasteiger partial charge in [-0.25, -0.2) is 8.42 Å². The summed E-state index contributed by atoms with van der Waals surface area (Å²) < 4.78 is 28.8. The monoisotopic (exact) mass is 615 g/mol. The molecule has 1 unspecified atom stereocenters. The fraction of sp³-hybridized carbons (Fsp3) is 0.355. The van der Waals surface area contributed by atoms with Gasteiger partial charge in [-0.3, -0.25) is 13.9 Å². The third-order valence-corrected chi connectivity index (χ3v) is 9.83. The lowest BCUT2D eigenvalue weighted by atomic mass is 9.95. The predicted octanol–water partition coefficient (Wildman–Crippen LogP) is 6.45. The second-order valence-corrected chi connectivity index (χ2v) is 12.8. The van der Waals surface area contributed by atoms with Crippen molar-refractivity contribution in [3.63, 3.8) is 0 Å². The highest BCUT2D eigenvalue weighted by atomic mass is 35.5. The quantitative estimate of drug-likeness (QED) is 0.269. The van der Waals surface area contributed by atoms with E-state index in [-0.39, 0.29) is 34.1 Å². The van der Waals surface area contributed by atoms with Gasteiger partial charge in [0, 0.05) is 17.6 Å². The molecule has 1 aliphatic carbocycles. The van der Waals surface area contributed by atoms with E-state index in [1.165, 1.54) is 17.0 Å². The Hall–Kier alpha value is -3.07. The van der Waals surface area contributed by atoms with Crippen molar-refractivity contribution in [3.8, 4) is 0 Å². The van der Waals surface area contributed by atoms with Crippen molar-refractivity contribution in [2.75, 3.05) is 10.8 Å². The van der Waals surface area contributed by atoms with Gasteiger partial charge in [0.25, 0.3) is 10.0 Å². The van der Waals surface area contributed by atoms with Gasteiger partial charge in [-0.2, -0.15) is 0 Å². The normalized spacial score (nSPS) is 14.7. The van der Waals surface area contributed by atoms with Crippen LogP contribution in [0.15, 0.2) is 83.8 Å². The van der Waals surface area contributed by atoms with Crippen molar-refractivity contribution >= 4 is 50.7 Å². The van der Waals surface area contributed by atoms with Gasteiger partial charge in [-0.15, -0.1) is 0 Å². The number of rotatable bonds is 11. The summed E-state index contributed by atoms with van der Waals surface area (Å²) in [7, 11) is -4.19. The van der Waals surface area contributed by atoms with Crippen LogP contribution in [0.25, 0.3) is 0 Å². The molecule has 1 N–H and O–H groups in total. The zero-order valence-corrected chi connectivity index (χ0v) is 25.3. The zero-order chi connectivity index (χ0) is 29.4. The lowest BCUT2D eigenvalue weighted by Gasteiger charge is -2.34. The van der Waals surface area contributed by atoms with Gasteiger partial charge in [0.05, 0.1) is 15.6 Å². The molecule has 3 aromatic carbocycles. The minimum absolute atomic E-state index is 0.0208. The van der Waals surface area contributed by atoms with Crippen molar-refractivity contribution in [1.29, 1.82) is 0 Å². The maximum Gasteiger partial charge on any atom is 0.264 e. The Morgan fingerprint density at radius 1 is 0.878 bits per heavy atom. The van der Waals surface area contributed by atoms with Gasteiger partial charge >= 0.3 is 0 Å². The molecule has 0 aliphatic heterocycles. The molecule has 218 valence electrons. The summed E-state index contributed by atoms with van der Waals surface area (Å²) in [4.78, 5) is 29.2. The van der Waals surface area contributed by atoms with Crippen LogP contribution in [0.4, 0.5) is 5.69 Å². The maximum atomic E-state index is 14.2. The largest absolute Gasteiger partial charge is 0.352 e. The molecule has 0 spiro atoms. The van der Waals surface area contributed by atoms with Gasteiger partial charge in [-0.05, 0) is 55.2 Å². The summed E-state index contributed by atoms with van der Waals surface area (Å²) >= 11 is 12.9. The molecule has 0 radical (unpaired) electrons. The number of carbonyl (C=O) groups is 2. The van der Waals surface area contributed by atoms with Crippen molar-refractivity contribution in [2.45, 2.75) is 69.0 Å². The number of carbonyl (C=O) groups excluding carboxylic acids is 2. The molecule has 1 aliphatic rings. The molecule has 4 rings (SSSR count). The van der Waals surface area contributed by atoms with Gasteiger partial charge in [-0.1, -0.05) is 97.9 Å². The molecule has 2 amide bonds. The Balaban J connectivity index is 1.71. The summed E-state index contributed by atoms with van der Waals surface area (Å²) in [6.45, 7) is 1.32. The van der Waals surface area contributed by atoms with E-state index in [9.17, 15) is 18.0 Å². The number of nitrogens with zero attached hydrogens (tertiary/aromatic N) is 2. The van der Waals surface area contributed by atoms with E-state index in [0.717, 1.165) is 36.4 Å². The number of amides is 2. The first-order chi connectivity index (χ1) is 19.7. The molecule has 0 bridgehead atoms. The fourth-order valence-corrected chi connectivity index (χ4v) is 7.10. The SMILES string of the molecule is CCC(C(=O)NC1CCCCC1)N(Cc1ccccc1Cl)C(=O)CN(c1ccccc1Cl)S(=O)(=O)c1ccccc1. The number of hydrogen-bond donors (Lipinski definition) is 1. The molecule has 1 atom stereocenters. The minimum atomic E-state index is -4.19. The molecular weight excluding hydrogens is 581 g/mol.